The third-order valence-corrected chi connectivity index (χ3v) is 3.59. The molecule has 7 nitrogen and oxygen atoms in total. The lowest BCUT2D eigenvalue weighted by molar-refractivity contribution is -0.152. The van der Waals surface area contributed by atoms with Crippen LogP contribution in [0.25, 0.3) is 0 Å². The molecule has 1 aliphatic rings. The molecular formula is C13H19N3O4. The normalized spacial score (nSPS) is 19.2. The van der Waals surface area contributed by atoms with E-state index in [9.17, 15) is 14.7 Å². The van der Waals surface area contributed by atoms with Gasteiger partial charge in [-0.15, -0.1) is 0 Å². The fourth-order valence-electron chi connectivity index (χ4n) is 2.33. The summed E-state index contributed by atoms with van der Waals surface area (Å²) in [7, 11) is 0. The number of carboxylic acids is 1. The average Bonchev–Trinajstić information content (AvgIpc) is 2.93. The second kappa shape index (κ2) is 6.04. The lowest BCUT2D eigenvalue weighted by Crippen LogP contribution is -2.57. The quantitative estimate of drug-likeness (QED) is 0.823. The van der Waals surface area contributed by atoms with Crippen LogP contribution in [0.1, 0.15) is 32.2 Å². The summed E-state index contributed by atoms with van der Waals surface area (Å²) < 4.78 is 6.85. The van der Waals surface area contributed by atoms with Crippen molar-refractivity contribution in [1.82, 2.24) is 15.1 Å². The maximum Gasteiger partial charge on any atom is 0.329 e. The van der Waals surface area contributed by atoms with Gasteiger partial charge < -0.3 is 15.2 Å². The van der Waals surface area contributed by atoms with Crippen molar-refractivity contribution < 1.29 is 19.4 Å². The van der Waals surface area contributed by atoms with Gasteiger partial charge in [0, 0.05) is 44.9 Å². The van der Waals surface area contributed by atoms with E-state index in [-0.39, 0.29) is 18.4 Å². The van der Waals surface area contributed by atoms with Crippen LogP contribution in [0.3, 0.4) is 0 Å². The van der Waals surface area contributed by atoms with Gasteiger partial charge in [-0.1, -0.05) is 0 Å². The predicted molar refractivity (Wildman–Crippen MR) is 70.1 cm³/mol. The highest BCUT2D eigenvalue weighted by atomic mass is 16.5. The number of hydrogen-bond donors (Lipinski definition) is 2. The lowest BCUT2D eigenvalue weighted by atomic mass is 9.90. The molecule has 110 valence electrons. The van der Waals surface area contributed by atoms with Crippen LogP contribution in [0.4, 0.5) is 0 Å². The molecule has 1 aliphatic heterocycles. The molecule has 0 aliphatic carbocycles. The number of nitrogens with one attached hydrogen (secondary N) is 1. The Balaban J connectivity index is 1.97. The summed E-state index contributed by atoms with van der Waals surface area (Å²) in [6, 6.07) is 1.67. The molecule has 0 unspecified atom stereocenters. The summed E-state index contributed by atoms with van der Waals surface area (Å²) in [6.45, 7) is 2.56. The van der Waals surface area contributed by atoms with E-state index in [1.165, 1.54) is 0 Å². The molecular weight excluding hydrogens is 262 g/mol. The van der Waals surface area contributed by atoms with Crippen LogP contribution in [0.15, 0.2) is 18.5 Å². The maximum atomic E-state index is 12.1. The molecule has 0 bridgehead atoms. The average molecular weight is 281 g/mol. The molecule has 1 amide bonds. The largest absolute Gasteiger partial charge is 0.480 e. The summed E-state index contributed by atoms with van der Waals surface area (Å²) in [4.78, 5) is 23.5. The molecule has 1 aromatic rings. The Morgan fingerprint density at radius 2 is 2.20 bits per heavy atom. The fourth-order valence-corrected chi connectivity index (χ4v) is 2.33. The molecule has 2 rings (SSSR count). The van der Waals surface area contributed by atoms with Crippen LogP contribution < -0.4 is 5.32 Å². The number of aliphatic carboxylic acids is 1. The highest BCUT2D eigenvalue weighted by Crippen LogP contribution is 2.22. The Morgan fingerprint density at radius 3 is 2.75 bits per heavy atom. The number of carboxylic acid groups (broad SMARTS) is 1. The third-order valence-electron chi connectivity index (χ3n) is 3.59. The Morgan fingerprint density at radius 1 is 1.50 bits per heavy atom. The number of ether oxygens (including phenoxy) is 1. The summed E-state index contributed by atoms with van der Waals surface area (Å²) in [5.74, 6) is -1.28. The molecule has 2 N–H and O–H groups in total. The Kier molecular flexibility index (Phi) is 4.39. The molecule has 0 spiro atoms. The lowest BCUT2D eigenvalue weighted by Gasteiger charge is -2.34. The molecule has 0 aromatic carbocycles. The molecule has 0 saturated carbocycles. The number of hydrogen-bond acceptors (Lipinski definition) is 4. The van der Waals surface area contributed by atoms with Crippen molar-refractivity contribution in [3.05, 3.63) is 18.5 Å². The smallest absolute Gasteiger partial charge is 0.329 e. The summed E-state index contributed by atoms with van der Waals surface area (Å²) in [5.41, 5.74) is -1.20. The van der Waals surface area contributed by atoms with Crippen LogP contribution in [0.5, 0.6) is 0 Å². The predicted octanol–water partition coefficient (Wildman–Crippen LogP) is 0.584. The van der Waals surface area contributed by atoms with Gasteiger partial charge in [0.15, 0.2) is 0 Å². The van der Waals surface area contributed by atoms with E-state index in [0.717, 1.165) is 0 Å². The number of carbonyl (C=O) groups is 2. The monoisotopic (exact) mass is 281 g/mol. The number of carbonyl (C=O) groups excluding carboxylic acids is 1. The first-order valence-electron chi connectivity index (χ1n) is 6.65. The van der Waals surface area contributed by atoms with E-state index in [1.54, 1.807) is 23.1 Å². The molecule has 1 saturated heterocycles. The van der Waals surface area contributed by atoms with Crippen molar-refractivity contribution in [2.24, 2.45) is 0 Å². The van der Waals surface area contributed by atoms with Crippen molar-refractivity contribution in [1.29, 1.82) is 0 Å². The SMILES string of the molecule is C[C@H](CC(=O)NC1(C(=O)O)CCOCC1)n1cccn1. The second-order valence-corrected chi connectivity index (χ2v) is 5.09. The van der Waals surface area contributed by atoms with Crippen molar-refractivity contribution in [3.63, 3.8) is 0 Å². The molecule has 0 radical (unpaired) electrons. The first-order valence-corrected chi connectivity index (χ1v) is 6.65. The van der Waals surface area contributed by atoms with E-state index in [0.29, 0.717) is 26.1 Å². The zero-order valence-electron chi connectivity index (χ0n) is 11.4. The summed E-state index contributed by atoms with van der Waals surface area (Å²) in [5, 5.41) is 16.1. The third kappa shape index (κ3) is 3.16. The molecule has 1 fully saturated rings. The van der Waals surface area contributed by atoms with Gasteiger partial charge in [0.2, 0.25) is 5.91 Å². The van der Waals surface area contributed by atoms with Gasteiger partial charge in [0.05, 0.1) is 6.04 Å². The molecule has 7 heteroatoms. The number of aromatic nitrogens is 2. The molecule has 1 atom stereocenters. The first-order chi connectivity index (χ1) is 9.53. The fraction of sp³-hybridized carbons (Fsp3) is 0.615. The van der Waals surface area contributed by atoms with Gasteiger partial charge in [0.1, 0.15) is 5.54 Å². The zero-order chi connectivity index (χ0) is 14.6. The van der Waals surface area contributed by atoms with Gasteiger partial charge in [-0.05, 0) is 13.0 Å². The number of rotatable bonds is 5. The number of nitrogens with zero attached hydrogens (tertiary/aromatic N) is 2. The second-order valence-electron chi connectivity index (χ2n) is 5.09. The summed E-state index contributed by atoms with van der Waals surface area (Å²) in [6.07, 6.45) is 4.21. The van der Waals surface area contributed by atoms with E-state index < -0.39 is 11.5 Å². The van der Waals surface area contributed by atoms with Crippen LogP contribution in [0, 0.1) is 0 Å². The maximum absolute atomic E-state index is 12.1. The van der Waals surface area contributed by atoms with Crippen LogP contribution in [0.2, 0.25) is 0 Å². The van der Waals surface area contributed by atoms with E-state index in [4.69, 9.17) is 4.74 Å². The standard InChI is InChI=1S/C13H19N3O4/c1-10(16-6-2-5-14-16)9-11(17)15-13(12(18)19)3-7-20-8-4-13/h2,5-6,10H,3-4,7-9H2,1H3,(H,15,17)(H,18,19)/t10-/m1/s1. The first kappa shape index (κ1) is 14.5. The van der Waals surface area contributed by atoms with E-state index in [1.807, 2.05) is 6.92 Å². The van der Waals surface area contributed by atoms with Crippen molar-refractivity contribution in [2.45, 2.75) is 37.8 Å². The van der Waals surface area contributed by atoms with Gasteiger partial charge in [-0.2, -0.15) is 5.10 Å². The van der Waals surface area contributed by atoms with Gasteiger partial charge in [-0.25, -0.2) is 4.79 Å². The Hall–Kier alpha value is -1.89. The van der Waals surface area contributed by atoms with E-state index >= 15 is 0 Å². The molecule has 1 aromatic heterocycles. The van der Waals surface area contributed by atoms with Gasteiger partial charge in [0.25, 0.3) is 0 Å². The van der Waals surface area contributed by atoms with Crippen molar-refractivity contribution in [3.8, 4) is 0 Å². The minimum atomic E-state index is -1.20. The van der Waals surface area contributed by atoms with Crippen molar-refractivity contribution in [2.75, 3.05) is 13.2 Å². The van der Waals surface area contributed by atoms with E-state index in [2.05, 4.69) is 10.4 Å². The summed E-state index contributed by atoms with van der Waals surface area (Å²) >= 11 is 0. The highest BCUT2D eigenvalue weighted by Gasteiger charge is 2.41. The molecule has 20 heavy (non-hydrogen) atoms. The van der Waals surface area contributed by atoms with Gasteiger partial charge in [-0.3, -0.25) is 9.48 Å². The Labute approximate surface area is 116 Å². The minimum absolute atomic E-state index is 0.115. The van der Waals surface area contributed by atoms with Gasteiger partial charge >= 0.3 is 5.97 Å². The topological polar surface area (TPSA) is 93.5 Å². The van der Waals surface area contributed by atoms with Crippen LogP contribution in [-0.4, -0.2) is 45.5 Å². The van der Waals surface area contributed by atoms with Crippen LogP contribution >= 0.6 is 0 Å². The van der Waals surface area contributed by atoms with Crippen molar-refractivity contribution >= 4 is 11.9 Å². The Bertz CT molecular complexity index is 466. The highest BCUT2D eigenvalue weighted by molar-refractivity contribution is 5.87. The number of amides is 1. The minimum Gasteiger partial charge on any atom is -0.480 e. The van der Waals surface area contributed by atoms with Crippen LogP contribution in [-0.2, 0) is 14.3 Å². The molecule has 2 heterocycles. The zero-order valence-corrected chi connectivity index (χ0v) is 11.4.